The molecular weight excluding hydrogens is 348 g/mol. The smallest absolute Gasteiger partial charge is 0.345 e. The van der Waals surface area contributed by atoms with E-state index in [1.807, 2.05) is 20.8 Å². The zero-order valence-electron chi connectivity index (χ0n) is 14.3. The average molecular weight is 366 g/mol. The zero-order chi connectivity index (χ0) is 19.3. The van der Waals surface area contributed by atoms with Crippen molar-refractivity contribution in [3.05, 3.63) is 39.9 Å². The summed E-state index contributed by atoms with van der Waals surface area (Å²) in [6.07, 6.45) is 1.33. The molecule has 0 aliphatic carbocycles. The molecule has 0 aromatic heterocycles. The molecule has 0 amide bonds. The van der Waals surface area contributed by atoms with Crippen LogP contribution in [0.2, 0.25) is 0 Å². The highest BCUT2D eigenvalue weighted by atomic mass is 32.2. The van der Waals surface area contributed by atoms with Crippen molar-refractivity contribution in [1.82, 2.24) is 0 Å². The van der Waals surface area contributed by atoms with E-state index < -0.39 is 22.4 Å². The molecule has 0 radical (unpaired) electrons. The molecule has 0 saturated carbocycles. The van der Waals surface area contributed by atoms with Gasteiger partial charge in [-0.15, -0.1) is 0 Å². The summed E-state index contributed by atoms with van der Waals surface area (Å²) in [5.74, 6) is -1.85. The maximum Gasteiger partial charge on any atom is 0.345 e. The highest BCUT2D eigenvalue weighted by Gasteiger charge is 2.38. The zero-order valence-corrected chi connectivity index (χ0v) is 15.1. The number of non-ortho nitro benzene ring substituents is 1. The minimum Gasteiger partial charge on any atom is -0.388 e. The van der Waals surface area contributed by atoms with Gasteiger partial charge in [-0.2, -0.15) is 16.8 Å². The van der Waals surface area contributed by atoms with Crippen LogP contribution >= 0.6 is 11.8 Å². The van der Waals surface area contributed by atoms with Gasteiger partial charge >= 0.3 is 11.9 Å². The van der Waals surface area contributed by atoms with Crippen molar-refractivity contribution in [2.24, 2.45) is 4.99 Å². The second-order valence-corrected chi connectivity index (χ2v) is 8.16. The van der Waals surface area contributed by atoms with Gasteiger partial charge in [0, 0.05) is 22.6 Å². The summed E-state index contributed by atoms with van der Waals surface area (Å²) in [5, 5.41) is 10.6. The number of benzene rings is 1. The number of esters is 2. The monoisotopic (exact) mass is 366 g/mol. The molecule has 25 heavy (non-hydrogen) atoms. The third-order valence-electron chi connectivity index (χ3n) is 3.02. The lowest BCUT2D eigenvalue weighted by atomic mass is 10.1. The number of thioether (sulfide) groups is 1. The van der Waals surface area contributed by atoms with E-state index in [0.29, 0.717) is 0 Å². The van der Waals surface area contributed by atoms with E-state index in [1.54, 1.807) is 0 Å². The molecule has 0 aliphatic rings. The number of carbonyl (C=O) groups is 2. The fraction of sp³-hybridized carbons (Fsp3) is 0.438. The second-order valence-electron chi connectivity index (χ2n) is 6.36. The summed E-state index contributed by atoms with van der Waals surface area (Å²) in [5.41, 5.74) is -1.78. The first-order valence-electron chi connectivity index (χ1n) is 7.22. The minimum atomic E-state index is -1.56. The Hall–Kier alpha value is -2.51. The Labute approximate surface area is 148 Å². The Morgan fingerprint density at radius 3 is 2.24 bits per heavy atom. The lowest BCUT2D eigenvalue weighted by Gasteiger charge is -2.25. The van der Waals surface area contributed by atoms with E-state index in [0.717, 1.165) is 12.1 Å². The number of hydrogen-bond donors (Lipinski definition) is 0. The van der Waals surface area contributed by atoms with E-state index in [9.17, 15) is 24.5 Å². The lowest BCUT2D eigenvalue weighted by Crippen LogP contribution is -2.40. The fourth-order valence-corrected chi connectivity index (χ4v) is 2.46. The number of nitro groups is 1. The first-order chi connectivity index (χ1) is 11.5. The molecule has 8 nitrogen and oxygen atoms in total. The van der Waals surface area contributed by atoms with E-state index in [2.05, 4.69) is 4.99 Å². The van der Waals surface area contributed by atoms with E-state index in [4.69, 9.17) is 4.74 Å². The molecule has 1 aromatic rings. The maximum absolute atomic E-state index is 12.3. The Kier molecular flexibility index (Phi) is 6.61. The van der Waals surface area contributed by atoms with Crippen LogP contribution in [0.1, 0.15) is 38.1 Å². The van der Waals surface area contributed by atoms with Crippen LogP contribution in [0.15, 0.2) is 29.3 Å². The van der Waals surface area contributed by atoms with Crippen molar-refractivity contribution in [1.29, 1.82) is 0 Å². The van der Waals surface area contributed by atoms with Crippen LogP contribution in [0.4, 0.5) is 5.69 Å². The summed E-state index contributed by atoms with van der Waals surface area (Å²) >= 11 is 1.38. The predicted molar refractivity (Wildman–Crippen MR) is 92.3 cm³/mol. The van der Waals surface area contributed by atoms with Crippen LogP contribution in [0.3, 0.4) is 0 Å². The summed E-state index contributed by atoms with van der Waals surface area (Å²) < 4.78 is 4.59. The summed E-state index contributed by atoms with van der Waals surface area (Å²) in [6, 6.07) is 4.61. The number of ether oxygens (including phenoxy) is 1. The normalized spacial score (nSPS) is 13.3. The Balaban J connectivity index is 2.90. The molecule has 1 unspecified atom stereocenters. The van der Waals surface area contributed by atoms with Crippen molar-refractivity contribution in [2.75, 3.05) is 5.75 Å². The molecule has 134 valence electrons. The van der Waals surface area contributed by atoms with Gasteiger partial charge in [-0.05, 0) is 19.1 Å². The first-order valence-corrected chi connectivity index (χ1v) is 8.21. The maximum atomic E-state index is 12.3. The molecule has 0 heterocycles. The number of isocyanates is 1. The molecule has 0 aliphatic heterocycles. The van der Waals surface area contributed by atoms with Crippen LogP contribution in [0, 0.1) is 10.1 Å². The topological polar surface area (TPSA) is 116 Å². The molecule has 0 fully saturated rings. The average Bonchev–Trinajstić information content (AvgIpc) is 2.52. The van der Waals surface area contributed by atoms with Gasteiger partial charge in [-0.25, -0.2) is 14.4 Å². The molecule has 9 heteroatoms. The van der Waals surface area contributed by atoms with Crippen molar-refractivity contribution < 1.29 is 24.0 Å². The lowest BCUT2D eigenvalue weighted by molar-refractivity contribution is -0.384. The SMILES string of the molecule is CC(C)(C)SCC(C)(N=C=O)C(=O)OC(=O)c1ccc([N+](=O)[O-])cc1. The summed E-state index contributed by atoms with van der Waals surface area (Å²) in [7, 11) is 0. The molecular formula is C16H18N2O6S. The van der Waals surface area contributed by atoms with Crippen molar-refractivity contribution >= 4 is 35.5 Å². The Bertz CT molecular complexity index is 719. The van der Waals surface area contributed by atoms with Crippen LogP contribution in [-0.2, 0) is 14.3 Å². The van der Waals surface area contributed by atoms with Gasteiger partial charge in [-0.1, -0.05) is 20.8 Å². The van der Waals surface area contributed by atoms with Crippen LogP contribution < -0.4 is 0 Å². The molecule has 0 N–H and O–H groups in total. The van der Waals surface area contributed by atoms with Crippen LogP contribution in [0.5, 0.6) is 0 Å². The molecule has 0 bridgehead atoms. The number of hydrogen-bond acceptors (Lipinski definition) is 8. The third-order valence-corrected chi connectivity index (χ3v) is 4.59. The number of aliphatic imine (C=N–C) groups is 1. The molecule has 1 atom stereocenters. The van der Waals surface area contributed by atoms with Crippen molar-refractivity contribution in [2.45, 2.75) is 38.0 Å². The first kappa shape index (κ1) is 20.5. The van der Waals surface area contributed by atoms with Crippen LogP contribution in [-0.4, -0.2) is 39.0 Å². The Morgan fingerprint density at radius 2 is 1.80 bits per heavy atom. The minimum absolute atomic E-state index is 0.0279. The van der Waals surface area contributed by atoms with Gasteiger partial charge in [0.1, 0.15) is 0 Å². The highest BCUT2D eigenvalue weighted by molar-refractivity contribution is 8.00. The van der Waals surface area contributed by atoms with E-state index in [1.165, 1.54) is 36.9 Å². The number of nitrogens with zero attached hydrogens (tertiary/aromatic N) is 2. The second kappa shape index (κ2) is 8.04. The van der Waals surface area contributed by atoms with Crippen LogP contribution in [0.25, 0.3) is 0 Å². The third kappa shape index (κ3) is 6.13. The Morgan fingerprint density at radius 1 is 1.24 bits per heavy atom. The summed E-state index contributed by atoms with van der Waals surface area (Å²) in [6.45, 7) is 7.16. The van der Waals surface area contributed by atoms with Gasteiger partial charge in [0.05, 0.1) is 10.5 Å². The van der Waals surface area contributed by atoms with E-state index in [-0.39, 0.29) is 21.8 Å². The van der Waals surface area contributed by atoms with Gasteiger partial charge < -0.3 is 4.74 Å². The van der Waals surface area contributed by atoms with Gasteiger partial charge in [0.25, 0.3) is 5.69 Å². The number of nitro benzene ring substituents is 1. The van der Waals surface area contributed by atoms with Crippen molar-refractivity contribution in [3.63, 3.8) is 0 Å². The molecule has 0 spiro atoms. The van der Waals surface area contributed by atoms with Gasteiger partial charge in [-0.3, -0.25) is 10.1 Å². The van der Waals surface area contributed by atoms with Gasteiger partial charge in [0.2, 0.25) is 6.08 Å². The quantitative estimate of drug-likeness (QED) is 0.190. The number of carbonyl (C=O) groups excluding carboxylic acids is 3. The standard InChI is InChI=1S/C16H18N2O6S/c1-15(2,3)25-9-16(4,17-10-19)14(21)24-13(20)11-5-7-12(8-6-11)18(22)23/h5-8H,9H2,1-4H3. The van der Waals surface area contributed by atoms with Crippen molar-refractivity contribution in [3.8, 4) is 0 Å². The number of rotatable bonds is 6. The summed E-state index contributed by atoms with van der Waals surface area (Å²) in [4.78, 5) is 48.5. The molecule has 1 rings (SSSR count). The fourth-order valence-electron chi connectivity index (χ4n) is 1.57. The van der Waals surface area contributed by atoms with Gasteiger partial charge in [0.15, 0.2) is 5.54 Å². The predicted octanol–water partition coefficient (Wildman–Crippen LogP) is 2.90. The largest absolute Gasteiger partial charge is 0.388 e. The highest BCUT2D eigenvalue weighted by Crippen LogP contribution is 2.29. The molecule has 0 saturated heterocycles. The van der Waals surface area contributed by atoms with E-state index >= 15 is 0 Å². The molecule has 1 aromatic carbocycles.